The van der Waals surface area contributed by atoms with E-state index in [2.05, 4.69) is 142 Å². The fourth-order valence-electron chi connectivity index (χ4n) is 7.51. The molecule has 0 fully saturated rings. The Morgan fingerprint density at radius 3 is 1.32 bits per heavy atom. The fourth-order valence-corrected chi connectivity index (χ4v) is 7.51. The average molecular weight is 508 g/mol. The molecule has 40 heavy (non-hydrogen) atoms. The van der Waals surface area contributed by atoms with Gasteiger partial charge in [-0.05, 0) is 87.5 Å². The smallest absolute Gasteiger partial charge is 0.0663 e. The maximum atomic E-state index is 2.45. The second-order valence-corrected chi connectivity index (χ2v) is 11.5. The lowest BCUT2D eigenvalue weighted by Gasteiger charge is -2.18. The molecule has 1 aliphatic heterocycles. The molecule has 0 atom stereocenters. The van der Waals surface area contributed by atoms with Gasteiger partial charge in [-0.3, -0.25) is 0 Å². The van der Waals surface area contributed by atoms with Crippen molar-refractivity contribution in [1.29, 1.82) is 0 Å². The fraction of sp³-hybridized carbons (Fsp3) is 0.0769. The number of hydrogen-bond acceptors (Lipinski definition) is 0. The van der Waals surface area contributed by atoms with E-state index in [1.807, 2.05) is 0 Å². The molecule has 1 heteroatoms. The third-order valence-corrected chi connectivity index (χ3v) is 9.00. The average Bonchev–Trinajstić information content (AvgIpc) is 3.31. The molecule has 0 spiro atoms. The minimum atomic E-state index is 0.252. The standard InChI is InChI=1S/C39H29B/c1-24-20-25(2)39(26(3)21-24)40-35-18-10-16-29-33-22-31(27-12-6-4-7-13-27)32(28-14-8-5-9-15-28)23-34(33)30-17-11-19-36(40)38(30)37(29)35/h4-23H,1-3H3. The highest BCUT2D eigenvalue weighted by Gasteiger charge is 2.34. The zero-order valence-electron chi connectivity index (χ0n) is 23.1. The summed E-state index contributed by atoms with van der Waals surface area (Å²) in [5, 5.41) is 8.23. The van der Waals surface area contributed by atoms with Crippen LogP contribution in [0.5, 0.6) is 0 Å². The normalized spacial score (nSPS) is 12.3. The molecule has 8 rings (SSSR count). The molecular formula is C39H29B. The van der Waals surface area contributed by atoms with Crippen molar-refractivity contribution in [2.45, 2.75) is 20.8 Å². The van der Waals surface area contributed by atoms with Gasteiger partial charge >= 0.3 is 0 Å². The molecule has 188 valence electrons. The van der Waals surface area contributed by atoms with Gasteiger partial charge in [0, 0.05) is 0 Å². The number of rotatable bonds is 3. The highest BCUT2D eigenvalue weighted by Crippen LogP contribution is 2.42. The molecule has 0 amide bonds. The van der Waals surface area contributed by atoms with Crippen molar-refractivity contribution in [3.05, 3.63) is 138 Å². The van der Waals surface area contributed by atoms with E-state index < -0.39 is 0 Å². The molecule has 1 heterocycles. The Hall–Kier alpha value is -4.62. The van der Waals surface area contributed by atoms with Crippen LogP contribution in [0.2, 0.25) is 0 Å². The summed E-state index contributed by atoms with van der Waals surface area (Å²) < 4.78 is 0. The summed E-state index contributed by atoms with van der Waals surface area (Å²) >= 11 is 0. The van der Waals surface area contributed by atoms with Crippen LogP contribution in [0.15, 0.2) is 121 Å². The Morgan fingerprint density at radius 2 is 0.875 bits per heavy atom. The summed E-state index contributed by atoms with van der Waals surface area (Å²) in [4.78, 5) is 0. The second-order valence-electron chi connectivity index (χ2n) is 11.5. The van der Waals surface area contributed by atoms with Gasteiger partial charge in [0.15, 0.2) is 0 Å². The summed E-state index contributed by atoms with van der Waals surface area (Å²) in [7, 11) is 0. The van der Waals surface area contributed by atoms with Crippen LogP contribution in [-0.4, -0.2) is 6.71 Å². The molecular weight excluding hydrogens is 479 g/mol. The third kappa shape index (κ3) is 3.28. The maximum absolute atomic E-state index is 2.45. The van der Waals surface area contributed by atoms with Gasteiger partial charge in [-0.15, -0.1) is 0 Å². The van der Waals surface area contributed by atoms with Crippen molar-refractivity contribution in [2.75, 3.05) is 0 Å². The summed E-state index contributed by atoms with van der Waals surface area (Å²) in [6.45, 7) is 7.03. The first-order valence-corrected chi connectivity index (χ1v) is 14.2. The van der Waals surface area contributed by atoms with Gasteiger partial charge in [0.2, 0.25) is 6.71 Å². The first-order chi connectivity index (χ1) is 19.6. The molecule has 0 aromatic heterocycles. The molecule has 0 unspecified atom stereocenters. The molecule has 0 N–H and O–H groups in total. The van der Waals surface area contributed by atoms with Crippen molar-refractivity contribution in [3.8, 4) is 22.3 Å². The molecule has 7 aromatic rings. The predicted molar refractivity (Wildman–Crippen MR) is 175 cm³/mol. The topological polar surface area (TPSA) is 0 Å². The minimum Gasteiger partial charge on any atom is -0.0663 e. The lowest BCUT2D eigenvalue weighted by Crippen LogP contribution is -2.51. The van der Waals surface area contributed by atoms with Gasteiger partial charge in [-0.1, -0.05) is 142 Å². The largest absolute Gasteiger partial charge is 0.243 e. The van der Waals surface area contributed by atoms with Crippen LogP contribution >= 0.6 is 0 Å². The van der Waals surface area contributed by atoms with Crippen LogP contribution in [0, 0.1) is 20.8 Å². The van der Waals surface area contributed by atoms with Crippen LogP contribution in [-0.2, 0) is 0 Å². The van der Waals surface area contributed by atoms with Gasteiger partial charge in [0.05, 0.1) is 0 Å². The van der Waals surface area contributed by atoms with Crippen LogP contribution in [0.1, 0.15) is 16.7 Å². The number of fused-ring (bicyclic) bond motifs is 3. The zero-order chi connectivity index (χ0) is 27.0. The Labute approximate surface area is 236 Å². The highest BCUT2D eigenvalue weighted by molar-refractivity contribution is 7.01. The Bertz CT molecular complexity index is 1970. The lowest BCUT2D eigenvalue weighted by molar-refractivity contribution is 1.35. The minimum absolute atomic E-state index is 0.252. The molecule has 0 bridgehead atoms. The molecule has 0 radical (unpaired) electrons. The van der Waals surface area contributed by atoms with Gasteiger partial charge in [0.1, 0.15) is 0 Å². The molecule has 1 aliphatic rings. The summed E-state index contributed by atoms with van der Waals surface area (Å²) in [5.74, 6) is 0. The molecule has 7 aromatic carbocycles. The van der Waals surface area contributed by atoms with E-state index in [-0.39, 0.29) is 6.71 Å². The first-order valence-electron chi connectivity index (χ1n) is 14.2. The molecule has 0 aliphatic carbocycles. The highest BCUT2D eigenvalue weighted by atomic mass is 14.2. The van der Waals surface area contributed by atoms with Gasteiger partial charge in [0.25, 0.3) is 0 Å². The van der Waals surface area contributed by atoms with Crippen LogP contribution in [0.4, 0.5) is 0 Å². The monoisotopic (exact) mass is 508 g/mol. The summed E-state index contributed by atoms with van der Waals surface area (Å²) in [6.07, 6.45) is 0. The van der Waals surface area contributed by atoms with E-state index >= 15 is 0 Å². The van der Waals surface area contributed by atoms with E-state index in [9.17, 15) is 0 Å². The lowest BCUT2D eigenvalue weighted by atomic mass is 9.37. The first kappa shape index (κ1) is 23.3. The number of benzene rings is 7. The van der Waals surface area contributed by atoms with E-state index in [4.69, 9.17) is 0 Å². The van der Waals surface area contributed by atoms with E-state index in [0.717, 1.165) is 0 Å². The number of aryl methyl sites for hydroxylation is 3. The van der Waals surface area contributed by atoms with Crippen molar-refractivity contribution in [2.24, 2.45) is 0 Å². The third-order valence-electron chi connectivity index (χ3n) is 9.00. The predicted octanol–water partition coefficient (Wildman–Crippen LogP) is 8.24. The van der Waals surface area contributed by atoms with Crippen molar-refractivity contribution >= 4 is 55.4 Å². The molecule has 0 saturated carbocycles. The maximum Gasteiger partial charge on any atom is 0.243 e. The second kappa shape index (κ2) is 8.70. The van der Waals surface area contributed by atoms with Crippen molar-refractivity contribution in [1.82, 2.24) is 0 Å². The summed E-state index contributed by atoms with van der Waals surface area (Å²) in [6, 6.07) is 45.3. The number of hydrogen-bond donors (Lipinski definition) is 0. The Kier molecular flexibility index (Phi) is 5.06. The van der Waals surface area contributed by atoms with Crippen LogP contribution in [0.25, 0.3) is 54.6 Å². The van der Waals surface area contributed by atoms with E-state index in [0.29, 0.717) is 0 Å². The van der Waals surface area contributed by atoms with Gasteiger partial charge in [-0.2, -0.15) is 0 Å². The quantitative estimate of drug-likeness (QED) is 0.167. The van der Waals surface area contributed by atoms with Crippen LogP contribution < -0.4 is 16.4 Å². The van der Waals surface area contributed by atoms with Crippen molar-refractivity contribution in [3.63, 3.8) is 0 Å². The summed E-state index contributed by atoms with van der Waals surface area (Å²) in [5.41, 5.74) is 13.5. The van der Waals surface area contributed by atoms with Crippen LogP contribution in [0.3, 0.4) is 0 Å². The van der Waals surface area contributed by atoms with E-state index in [1.165, 1.54) is 87.6 Å². The SMILES string of the molecule is Cc1cc(C)c(B2c3cccc4c5cc(-c6ccccc6)c(-c6ccccc6)cc5c5cccc2c5c34)c(C)c1. The van der Waals surface area contributed by atoms with Gasteiger partial charge < -0.3 is 0 Å². The van der Waals surface area contributed by atoms with Crippen molar-refractivity contribution < 1.29 is 0 Å². The molecule has 0 nitrogen and oxygen atoms in total. The Balaban J connectivity index is 1.53. The zero-order valence-corrected chi connectivity index (χ0v) is 23.1. The molecule has 0 saturated heterocycles. The van der Waals surface area contributed by atoms with E-state index in [1.54, 1.807) is 0 Å². The Morgan fingerprint density at radius 1 is 0.425 bits per heavy atom. The van der Waals surface area contributed by atoms with Gasteiger partial charge in [-0.25, -0.2) is 0 Å².